The van der Waals surface area contributed by atoms with Gasteiger partial charge in [0.25, 0.3) is 5.91 Å². The average molecular weight is 686 g/mol. The molecule has 10 heteroatoms. The molecular formula is C29H17Br2Cl2N3O3. The summed E-state index contributed by atoms with van der Waals surface area (Å²) >= 11 is 19.5. The van der Waals surface area contributed by atoms with Crippen molar-refractivity contribution in [3.05, 3.63) is 121 Å². The number of hydrazone groups is 1. The van der Waals surface area contributed by atoms with E-state index in [4.69, 9.17) is 27.9 Å². The predicted octanol–water partition coefficient (Wildman–Crippen LogP) is 8.65. The van der Waals surface area contributed by atoms with Crippen LogP contribution in [0.5, 0.6) is 5.75 Å². The molecule has 2 N–H and O–H groups in total. The Morgan fingerprint density at radius 3 is 2.36 bits per heavy atom. The number of H-pyrrole nitrogens is 1. The minimum atomic E-state index is -0.523. The monoisotopic (exact) mass is 683 g/mol. The minimum absolute atomic E-state index is 0.272. The van der Waals surface area contributed by atoms with Crippen LogP contribution in [0.2, 0.25) is 10.0 Å². The molecule has 0 saturated carbocycles. The van der Waals surface area contributed by atoms with E-state index in [0.717, 1.165) is 14.5 Å². The van der Waals surface area contributed by atoms with Crippen LogP contribution in [0.15, 0.2) is 99.0 Å². The number of fused-ring (bicyclic) bond motifs is 1. The minimum Gasteiger partial charge on any atom is -0.422 e. The van der Waals surface area contributed by atoms with Gasteiger partial charge in [-0.2, -0.15) is 5.10 Å². The molecule has 0 spiro atoms. The topological polar surface area (TPSA) is 83.5 Å². The first kappa shape index (κ1) is 27.1. The van der Waals surface area contributed by atoms with E-state index in [0.29, 0.717) is 37.6 Å². The van der Waals surface area contributed by atoms with Gasteiger partial charge in [-0.25, -0.2) is 10.2 Å². The first-order valence-corrected chi connectivity index (χ1v) is 13.8. The molecule has 0 aliphatic carbocycles. The number of nitrogens with zero attached hydrogens (tertiary/aromatic N) is 1. The number of halogens is 4. The van der Waals surface area contributed by atoms with E-state index < -0.39 is 11.9 Å². The van der Waals surface area contributed by atoms with Crippen LogP contribution in [0.4, 0.5) is 0 Å². The van der Waals surface area contributed by atoms with E-state index in [-0.39, 0.29) is 11.4 Å². The average Bonchev–Trinajstić information content (AvgIpc) is 3.31. The van der Waals surface area contributed by atoms with Crippen LogP contribution in [0, 0.1) is 0 Å². The van der Waals surface area contributed by atoms with E-state index in [1.807, 2.05) is 30.3 Å². The van der Waals surface area contributed by atoms with Gasteiger partial charge in [-0.1, -0.05) is 85.4 Å². The molecule has 1 aromatic heterocycles. The smallest absolute Gasteiger partial charge is 0.343 e. The number of ether oxygens (including phenoxy) is 1. The summed E-state index contributed by atoms with van der Waals surface area (Å²) in [4.78, 5) is 29.1. The highest BCUT2D eigenvalue weighted by Crippen LogP contribution is 2.38. The molecule has 0 fully saturated rings. The summed E-state index contributed by atoms with van der Waals surface area (Å²) in [6.45, 7) is 0. The first-order chi connectivity index (χ1) is 18.8. The van der Waals surface area contributed by atoms with E-state index in [1.165, 1.54) is 6.21 Å². The summed E-state index contributed by atoms with van der Waals surface area (Å²) in [5, 5.41) is 5.67. The van der Waals surface area contributed by atoms with Gasteiger partial charge in [0.05, 0.1) is 16.8 Å². The lowest BCUT2D eigenvalue weighted by Crippen LogP contribution is -2.19. The Hall–Kier alpha value is -3.43. The van der Waals surface area contributed by atoms with Crippen LogP contribution in [0.1, 0.15) is 26.4 Å². The van der Waals surface area contributed by atoms with Crippen molar-refractivity contribution in [3.8, 4) is 16.9 Å². The molecule has 0 aliphatic rings. The number of benzene rings is 4. The Kier molecular flexibility index (Phi) is 8.18. The van der Waals surface area contributed by atoms with Crippen LogP contribution >= 0.6 is 55.1 Å². The lowest BCUT2D eigenvalue weighted by atomic mass is 10.0. The number of hydrogen-bond donors (Lipinski definition) is 2. The number of rotatable bonds is 6. The van der Waals surface area contributed by atoms with Gasteiger partial charge in [-0.15, -0.1) is 0 Å². The molecule has 39 heavy (non-hydrogen) atoms. The lowest BCUT2D eigenvalue weighted by Gasteiger charge is -2.08. The standard InChI is InChI=1S/C29H17Br2Cl2N3O3/c30-19-8-6-17(7-9-19)29(38)39-24-11-10-20(31)12-18(24)15-34-36-28(37)27-25(16-4-2-1-3-5-16)26-22(33)13-21(32)14-23(26)35-27/h1-15,35H,(H,36,37). The summed E-state index contributed by atoms with van der Waals surface area (Å²) in [5.41, 5.74) is 5.75. The second-order valence-electron chi connectivity index (χ2n) is 8.33. The molecule has 0 saturated heterocycles. The molecule has 194 valence electrons. The highest BCUT2D eigenvalue weighted by atomic mass is 79.9. The third-order valence-electron chi connectivity index (χ3n) is 5.73. The van der Waals surface area contributed by atoms with Crippen molar-refractivity contribution >= 4 is 84.1 Å². The van der Waals surface area contributed by atoms with Gasteiger partial charge >= 0.3 is 5.97 Å². The Bertz CT molecular complexity index is 1740. The highest BCUT2D eigenvalue weighted by Gasteiger charge is 2.21. The first-order valence-electron chi connectivity index (χ1n) is 11.5. The maximum absolute atomic E-state index is 13.3. The Morgan fingerprint density at radius 2 is 1.62 bits per heavy atom. The number of hydrogen-bond acceptors (Lipinski definition) is 4. The second-order valence-corrected chi connectivity index (χ2v) is 11.0. The van der Waals surface area contributed by atoms with Crippen molar-refractivity contribution in [2.75, 3.05) is 0 Å². The van der Waals surface area contributed by atoms with Gasteiger partial charge in [0.1, 0.15) is 11.4 Å². The van der Waals surface area contributed by atoms with Gasteiger partial charge in [-0.05, 0) is 60.2 Å². The van der Waals surface area contributed by atoms with Gasteiger partial charge in [-0.3, -0.25) is 4.79 Å². The molecule has 0 aliphatic heterocycles. The molecular weight excluding hydrogens is 669 g/mol. The zero-order chi connectivity index (χ0) is 27.5. The number of aromatic amines is 1. The Balaban J connectivity index is 1.43. The summed E-state index contributed by atoms with van der Waals surface area (Å²) < 4.78 is 7.19. The van der Waals surface area contributed by atoms with Crippen molar-refractivity contribution in [1.29, 1.82) is 0 Å². The molecule has 1 heterocycles. The summed E-state index contributed by atoms with van der Waals surface area (Å²) in [6, 6.07) is 24.7. The normalized spacial score (nSPS) is 11.2. The van der Waals surface area contributed by atoms with Gasteiger partial charge in [0.2, 0.25) is 0 Å². The molecule has 5 rings (SSSR count). The zero-order valence-electron chi connectivity index (χ0n) is 19.8. The molecule has 0 bridgehead atoms. The summed E-state index contributed by atoms with van der Waals surface area (Å²) in [6.07, 6.45) is 1.40. The molecule has 0 radical (unpaired) electrons. The van der Waals surface area contributed by atoms with Crippen LogP contribution in [0.3, 0.4) is 0 Å². The Labute approximate surface area is 250 Å². The van der Waals surface area contributed by atoms with Crippen molar-refractivity contribution in [1.82, 2.24) is 10.4 Å². The van der Waals surface area contributed by atoms with Crippen LogP contribution in [-0.4, -0.2) is 23.1 Å². The van der Waals surface area contributed by atoms with Gasteiger partial charge in [0, 0.05) is 36.0 Å². The SMILES string of the molecule is O=C(Oc1ccc(Br)cc1C=NNC(=O)c1[nH]c2cc(Cl)cc(Cl)c2c1-c1ccccc1)c1ccc(Br)cc1. The van der Waals surface area contributed by atoms with E-state index in [9.17, 15) is 9.59 Å². The maximum Gasteiger partial charge on any atom is 0.343 e. The van der Waals surface area contributed by atoms with Crippen molar-refractivity contribution < 1.29 is 14.3 Å². The van der Waals surface area contributed by atoms with Crippen molar-refractivity contribution in [2.45, 2.75) is 0 Å². The predicted molar refractivity (Wildman–Crippen MR) is 162 cm³/mol. The van der Waals surface area contributed by atoms with Gasteiger partial charge in [0.15, 0.2) is 0 Å². The molecule has 5 aromatic rings. The van der Waals surface area contributed by atoms with E-state index in [2.05, 4.69) is 47.4 Å². The number of amides is 1. The van der Waals surface area contributed by atoms with Gasteiger partial charge < -0.3 is 9.72 Å². The number of nitrogens with one attached hydrogen (secondary N) is 2. The maximum atomic E-state index is 13.3. The fourth-order valence-electron chi connectivity index (χ4n) is 3.99. The third-order valence-corrected chi connectivity index (χ3v) is 7.27. The van der Waals surface area contributed by atoms with Crippen molar-refractivity contribution in [2.24, 2.45) is 5.10 Å². The number of aromatic nitrogens is 1. The quantitative estimate of drug-likeness (QED) is 0.0812. The number of carbonyl (C=O) groups excluding carboxylic acids is 2. The molecule has 1 amide bonds. The highest BCUT2D eigenvalue weighted by molar-refractivity contribution is 9.10. The second kappa shape index (κ2) is 11.8. The third kappa shape index (κ3) is 6.09. The van der Waals surface area contributed by atoms with E-state index in [1.54, 1.807) is 54.6 Å². The largest absolute Gasteiger partial charge is 0.422 e. The molecule has 4 aromatic carbocycles. The Morgan fingerprint density at radius 1 is 0.897 bits per heavy atom. The fourth-order valence-corrected chi connectivity index (χ4v) is 5.22. The van der Waals surface area contributed by atoms with E-state index >= 15 is 0 Å². The molecule has 0 atom stereocenters. The number of carbonyl (C=O) groups is 2. The summed E-state index contributed by atoms with van der Waals surface area (Å²) in [7, 11) is 0. The van der Waals surface area contributed by atoms with Crippen molar-refractivity contribution in [3.63, 3.8) is 0 Å². The van der Waals surface area contributed by atoms with Crippen LogP contribution < -0.4 is 10.2 Å². The van der Waals surface area contributed by atoms with Crippen LogP contribution in [0.25, 0.3) is 22.0 Å². The van der Waals surface area contributed by atoms with Crippen LogP contribution in [-0.2, 0) is 0 Å². The molecule has 0 unspecified atom stereocenters. The fraction of sp³-hybridized carbons (Fsp3) is 0. The summed E-state index contributed by atoms with van der Waals surface area (Å²) in [5.74, 6) is -0.734. The zero-order valence-corrected chi connectivity index (χ0v) is 24.5. The molecule has 6 nitrogen and oxygen atoms in total. The lowest BCUT2D eigenvalue weighted by molar-refractivity contribution is 0.0734. The number of esters is 1.